The van der Waals surface area contributed by atoms with Gasteiger partial charge in [0.15, 0.2) is 0 Å². The van der Waals surface area contributed by atoms with Gasteiger partial charge in [-0.15, -0.1) is 0 Å². The Balaban J connectivity index is 1.39. The van der Waals surface area contributed by atoms with Gasteiger partial charge < -0.3 is 4.42 Å². The van der Waals surface area contributed by atoms with Crippen molar-refractivity contribution < 1.29 is 25.0 Å². The van der Waals surface area contributed by atoms with Gasteiger partial charge in [-0.05, 0) is 101 Å². The number of hydrogen-bond acceptors (Lipinski definition) is 1. The van der Waals surface area contributed by atoms with E-state index >= 15 is 0 Å². The molecule has 1 nitrogen and oxygen atoms in total. The molecule has 0 saturated carbocycles. The van der Waals surface area contributed by atoms with Crippen molar-refractivity contribution in [1.82, 2.24) is 0 Å². The molecule has 218 valence electrons. The zero-order valence-corrected chi connectivity index (χ0v) is 24.4. The average Bonchev–Trinajstić information content (AvgIpc) is 3.68. The standard InChI is InChI=1S/C46H28O/c1-2-12-29(13-3-1)41-28-33(26-31-15-5-6-16-34(31)41)45-38-20-10-8-18-36(38)44(37-19-9-11-21-39(37)45)32-23-25-43-42(27-32)40-24-22-30-14-4-7-17-35(30)46(40)47-43/h1-28H/i4D,5D,6D,7D,14D,15D,16D,17D,22D,23D,24D,25D,26D,27D,28D. The maximum Gasteiger partial charge on any atom is 0.143 e. The van der Waals surface area contributed by atoms with E-state index < -0.39 is 66.5 Å². The van der Waals surface area contributed by atoms with Crippen LogP contribution in [0.3, 0.4) is 0 Å². The highest BCUT2D eigenvalue weighted by Crippen LogP contribution is 2.46. The highest BCUT2D eigenvalue weighted by atomic mass is 16.3. The number of benzene rings is 9. The van der Waals surface area contributed by atoms with Crippen LogP contribution in [0, 0.1) is 0 Å². The first-order chi connectivity index (χ1) is 29.6. The fourth-order valence-corrected chi connectivity index (χ4v) is 6.59. The van der Waals surface area contributed by atoms with Crippen molar-refractivity contribution in [2.24, 2.45) is 0 Å². The Morgan fingerprint density at radius 3 is 1.72 bits per heavy atom. The van der Waals surface area contributed by atoms with E-state index in [9.17, 15) is 6.85 Å². The predicted octanol–water partition coefficient (Wildman–Crippen LogP) is 13.2. The molecule has 0 bridgehead atoms. The van der Waals surface area contributed by atoms with Crippen LogP contribution in [0.4, 0.5) is 0 Å². The molecule has 0 aliphatic carbocycles. The van der Waals surface area contributed by atoms with Crippen molar-refractivity contribution in [2.45, 2.75) is 0 Å². The molecule has 0 aliphatic rings. The van der Waals surface area contributed by atoms with E-state index in [1.165, 1.54) is 0 Å². The first-order valence-electron chi connectivity index (χ1n) is 22.5. The van der Waals surface area contributed by atoms with E-state index in [2.05, 4.69) is 0 Å². The van der Waals surface area contributed by atoms with Crippen molar-refractivity contribution in [3.05, 3.63) is 169 Å². The largest absolute Gasteiger partial charge is 0.455 e. The Morgan fingerprint density at radius 2 is 1.00 bits per heavy atom. The monoisotopic (exact) mass is 611 g/mol. The van der Waals surface area contributed by atoms with Gasteiger partial charge in [0.1, 0.15) is 11.2 Å². The zero-order valence-electron chi connectivity index (χ0n) is 39.4. The van der Waals surface area contributed by atoms with E-state index in [4.69, 9.17) is 18.1 Å². The van der Waals surface area contributed by atoms with Crippen LogP contribution in [0.2, 0.25) is 0 Å². The van der Waals surface area contributed by atoms with Gasteiger partial charge in [0.05, 0.1) is 20.6 Å². The van der Waals surface area contributed by atoms with Gasteiger partial charge in [0.25, 0.3) is 0 Å². The SMILES string of the molecule is [2H]c1c(-c2c3ccccc3c(-c3c([2H])c(-c4ccccc4)c4c([2H])c([2H])c([2H])c([2H])c4c3[2H])c3ccccc23)c([2H])c2c(oc3c4c([2H])c([2H])c([2H])c([2H])c4c([2H])c([2H])c32)c1[2H]. The second-order valence-corrected chi connectivity index (χ2v) is 11.2. The molecule has 10 rings (SSSR count). The molecule has 10 aromatic rings. The molecule has 9 aromatic carbocycles. The molecule has 0 spiro atoms. The van der Waals surface area contributed by atoms with Crippen molar-refractivity contribution in [1.29, 1.82) is 0 Å². The molecule has 1 heterocycles. The van der Waals surface area contributed by atoms with E-state index in [-0.39, 0.29) is 84.3 Å². The van der Waals surface area contributed by atoms with E-state index in [1.807, 2.05) is 0 Å². The Hall–Kier alpha value is -6.18. The molecule has 0 atom stereocenters. The second-order valence-electron chi connectivity index (χ2n) is 11.2. The minimum atomic E-state index is -0.592. The van der Waals surface area contributed by atoms with Crippen LogP contribution in [0.25, 0.3) is 98.4 Å². The summed E-state index contributed by atoms with van der Waals surface area (Å²) in [5.41, 5.74) is 1.05. The Bertz CT molecular complexity index is 3630. The number of rotatable bonds is 3. The molecule has 0 fully saturated rings. The van der Waals surface area contributed by atoms with E-state index in [1.54, 1.807) is 78.9 Å². The van der Waals surface area contributed by atoms with Crippen molar-refractivity contribution in [2.75, 3.05) is 0 Å². The molecule has 0 saturated heterocycles. The fraction of sp³-hybridized carbons (Fsp3) is 0. The zero-order chi connectivity index (χ0) is 44.0. The van der Waals surface area contributed by atoms with Crippen molar-refractivity contribution >= 4 is 65.0 Å². The quantitative estimate of drug-likeness (QED) is 0.181. The maximum atomic E-state index is 9.85. The summed E-state index contributed by atoms with van der Waals surface area (Å²) < 4.78 is 141. The van der Waals surface area contributed by atoms with Gasteiger partial charge in [-0.25, -0.2) is 0 Å². The predicted molar refractivity (Wildman–Crippen MR) is 200 cm³/mol. The van der Waals surface area contributed by atoms with Gasteiger partial charge in [-0.3, -0.25) is 0 Å². The first kappa shape index (κ1) is 15.4. The lowest BCUT2D eigenvalue weighted by Gasteiger charge is -2.19. The Kier molecular flexibility index (Phi) is 3.33. The summed E-state index contributed by atoms with van der Waals surface area (Å²) in [7, 11) is 0. The topological polar surface area (TPSA) is 13.1 Å². The minimum absolute atomic E-state index is 0.0278. The molecule has 1 heteroatoms. The highest BCUT2D eigenvalue weighted by molar-refractivity contribution is 6.23. The third-order valence-electron chi connectivity index (χ3n) is 8.62. The molecule has 0 N–H and O–H groups in total. The Labute approximate surface area is 293 Å². The number of furan rings is 1. The van der Waals surface area contributed by atoms with Crippen LogP contribution in [-0.4, -0.2) is 0 Å². The minimum Gasteiger partial charge on any atom is -0.455 e. The lowest BCUT2D eigenvalue weighted by molar-refractivity contribution is 0.672. The molecule has 47 heavy (non-hydrogen) atoms. The van der Waals surface area contributed by atoms with Crippen LogP contribution in [0.1, 0.15) is 20.6 Å². The molecular formula is C46H28O. The lowest BCUT2D eigenvalue weighted by Crippen LogP contribution is -1.92. The molecular weight excluding hydrogens is 569 g/mol. The van der Waals surface area contributed by atoms with Gasteiger partial charge in [-0.1, -0.05) is 139 Å². The van der Waals surface area contributed by atoms with Gasteiger partial charge in [0.2, 0.25) is 0 Å². The summed E-state index contributed by atoms with van der Waals surface area (Å²) in [5, 5.41) is 1.22. The van der Waals surface area contributed by atoms with Crippen LogP contribution in [0.15, 0.2) is 174 Å². The van der Waals surface area contributed by atoms with Crippen molar-refractivity contribution in [3.63, 3.8) is 0 Å². The van der Waals surface area contributed by atoms with Crippen LogP contribution >= 0.6 is 0 Å². The lowest BCUT2D eigenvalue weighted by atomic mass is 9.84. The molecule has 0 unspecified atom stereocenters. The average molecular weight is 612 g/mol. The third-order valence-corrected chi connectivity index (χ3v) is 8.62. The van der Waals surface area contributed by atoms with E-state index in [0.29, 0.717) is 38.2 Å². The maximum absolute atomic E-state index is 9.85. The smallest absolute Gasteiger partial charge is 0.143 e. The molecule has 0 radical (unpaired) electrons. The first-order valence-corrected chi connectivity index (χ1v) is 15.0. The summed E-state index contributed by atoms with van der Waals surface area (Å²) in [6.45, 7) is 0. The van der Waals surface area contributed by atoms with Crippen molar-refractivity contribution in [3.8, 4) is 33.4 Å². The number of hydrogen-bond donors (Lipinski definition) is 0. The van der Waals surface area contributed by atoms with E-state index in [0.717, 1.165) is 0 Å². The summed E-state index contributed by atoms with van der Waals surface area (Å²) >= 11 is 0. The van der Waals surface area contributed by atoms with Crippen LogP contribution in [-0.2, 0) is 0 Å². The molecule has 1 aromatic heterocycles. The molecule has 0 amide bonds. The van der Waals surface area contributed by atoms with Crippen LogP contribution < -0.4 is 0 Å². The summed E-state index contributed by atoms with van der Waals surface area (Å²) in [5.74, 6) is 0. The summed E-state index contributed by atoms with van der Waals surface area (Å²) in [6.07, 6.45) is 0. The van der Waals surface area contributed by atoms with Gasteiger partial charge >= 0.3 is 0 Å². The van der Waals surface area contributed by atoms with Gasteiger partial charge in [-0.2, -0.15) is 0 Å². The summed E-state index contributed by atoms with van der Waals surface area (Å²) in [6, 6.07) is 16.1. The van der Waals surface area contributed by atoms with Crippen LogP contribution in [0.5, 0.6) is 0 Å². The number of fused-ring (bicyclic) bond motifs is 8. The van der Waals surface area contributed by atoms with Gasteiger partial charge in [0, 0.05) is 16.2 Å². The Morgan fingerprint density at radius 1 is 0.383 bits per heavy atom. The normalized spacial score (nSPS) is 16.3. The fourth-order valence-electron chi connectivity index (χ4n) is 6.59. The summed E-state index contributed by atoms with van der Waals surface area (Å²) in [4.78, 5) is 0. The highest BCUT2D eigenvalue weighted by Gasteiger charge is 2.19. The second kappa shape index (κ2) is 10.2. The third kappa shape index (κ3) is 3.97. The molecule has 0 aliphatic heterocycles.